The summed E-state index contributed by atoms with van der Waals surface area (Å²) >= 11 is 0. The number of hydrogen-bond acceptors (Lipinski definition) is 5. The largest absolute Gasteiger partial charge is 0.444 e. The summed E-state index contributed by atoms with van der Waals surface area (Å²) in [5, 5.41) is 6.67. The molecule has 0 spiro atoms. The van der Waals surface area contributed by atoms with Gasteiger partial charge in [0.1, 0.15) is 11.4 Å². The first-order valence-electron chi connectivity index (χ1n) is 10.9. The maximum Gasteiger partial charge on any atom is 0.410 e. The summed E-state index contributed by atoms with van der Waals surface area (Å²) in [4.78, 5) is 25.0. The van der Waals surface area contributed by atoms with Crippen LogP contribution in [0.2, 0.25) is 0 Å². The molecule has 2 saturated heterocycles. The van der Waals surface area contributed by atoms with Crippen molar-refractivity contribution in [3.63, 3.8) is 0 Å². The molecule has 166 valence electrons. The molecular weight excluding hydrogens is 380 g/mol. The fraction of sp³-hybridized carbons (Fsp3) is 0.682. The Bertz CT molecular complexity index is 729. The highest BCUT2D eigenvalue weighted by Crippen LogP contribution is 2.21. The van der Waals surface area contributed by atoms with Gasteiger partial charge < -0.3 is 25.2 Å². The molecule has 30 heavy (non-hydrogen) atoms. The fourth-order valence-corrected chi connectivity index (χ4v) is 3.57. The summed E-state index contributed by atoms with van der Waals surface area (Å²) in [6.07, 6.45) is 4.14. The van der Waals surface area contributed by atoms with Crippen LogP contribution in [0.3, 0.4) is 0 Å². The molecule has 8 nitrogen and oxygen atoms in total. The van der Waals surface area contributed by atoms with E-state index < -0.39 is 5.60 Å². The third-order valence-electron chi connectivity index (χ3n) is 5.47. The Kier molecular flexibility index (Phi) is 7.05. The number of aliphatic imine (C=N–C) groups is 1. The highest BCUT2D eigenvalue weighted by molar-refractivity contribution is 5.80. The van der Waals surface area contributed by atoms with Gasteiger partial charge in [0.05, 0.1) is 6.04 Å². The fourth-order valence-electron chi connectivity index (χ4n) is 3.57. The monoisotopic (exact) mass is 416 g/mol. The molecule has 1 amide bonds. The van der Waals surface area contributed by atoms with Crippen LogP contribution in [-0.4, -0.2) is 66.8 Å². The van der Waals surface area contributed by atoms with Crippen molar-refractivity contribution < 1.29 is 9.53 Å². The number of likely N-dealkylation sites (tertiary alicyclic amines) is 1. The van der Waals surface area contributed by atoms with E-state index in [0.29, 0.717) is 19.6 Å². The number of pyridine rings is 1. The smallest absolute Gasteiger partial charge is 0.410 e. The maximum atomic E-state index is 12.0. The molecule has 1 aromatic rings. The quantitative estimate of drug-likeness (QED) is 0.580. The van der Waals surface area contributed by atoms with Crippen molar-refractivity contribution in [2.24, 2.45) is 10.9 Å². The molecule has 2 aliphatic rings. The number of guanidine groups is 1. The standard InChI is InChI=1S/C22H36N6O2/c1-16-8-10-27(11-9-16)19-7-6-17(12-24-19)13-25-20(23-5)26-18-14-28(15-18)21(29)30-22(2,3)4/h6-7,12,16,18H,8-11,13-15H2,1-5H3,(H2,23,25,26). The number of piperidine rings is 1. The Labute approximate surface area is 180 Å². The maximum absolute atomic E-state index is 12.0. The van der Waals surface area contributed by atoms with Crippen LogP contribution < -0.4 is 15.5 Å². The molecule has 0 aromatic carbocycles. The van der Waals surface area contributed by atoms with E-state index in [-0.39, 0.29) is 12.1 Å². The molecule has 0 saturated carbocycles. The molecular formula is C22H36N6O2. The average Bonchev–Trinajstić information content (AvgIpc) is 2.66. The molecule has 0 radical (unpaired) electrons. The number of nitrogens with zero attached hydrogens (tertiary/aromatic N) is 4. The normalized spacial score (nSPS) is 18.8. The summed E-state index contributed by atoms with van der Waals surface area (Å²) < 4.78 is 5.39. The predicted octanol–water partition coefficient (Wildman–Crippen LogP) is 2.60. The van der Waals surface area contributed by atoms with E-state index in [1.165, 1.54) is 12.8 Å². The van der Waals surface area contributed by atoms with Gasteiger partial charge in [0.25, 0.3) is 0 Å². The minimum atomic E-state index is -0.469. The first-order valence-corrected chi connectivity index (χ1v) is 10.9. The summed E-state index contributed by atoms with van der Waals surface area (Å²) in [5.41, 5.74) is 0.638. The van der Waals surface area contributed by atoms with Gasteiger partial charge in [-0.25, -0.2) is 9.78 Å². The Morgan fingerprint density at radius 3 is 2.53 bits per heavy atom. The first-order chi connectivity index (χ1) is 14.2. The lowest BCUT2D eigenvalue weighted by molar-refractivity contribution is 0.00701. The van der Waals surface area contributed by atoms with Crippen LogP contribution in [0.1, 0.15) is 46.1 Å². The number of hydrogen-bond donors (Lipinski definition) is 2. The highest BCUT2D eigenvalue weighted by atomic mass is 16.6. The third kappa shape index (κ3) is 6.24. The molecule has 0 aliphatic carbocycles. The Morgan fingerprint density at radius 2 is 1.97 bits per heavy atom. The first kappa shape index (κ1) is 22.2. The average molecular weight is 417 g/mol. The summed E-state index contributed by atoms with van der Waals surface area (Å²) in [6.45, 7) is 12.0. The number of nitrogens with one attached hydrogen (secondary N) is 2. The molecule has 0 bridgehead atoms. The Balaban J connectivity index is 1.40. The second-order valence-electron chi connectivity index (χ2n) is 9.35. The Hall–Kier alpha value is -2.51. The van der Waals surface area contributed by atoms with Crippen LogP contribution in [0.4, 0.5) is 10.6 Å². The number of rotatable bonds is 4. The molecule has 1 aromatic heterocycles. The van der Waals surface area contributed by atoms with Gasteiger partial charge in [-0.15, -0.1) is 0 Å². The van der Waals surface area contributed by atoms with Crippen LogP contribution in [0.5, 0.6) is 0 Å². The topological polar surface area (TPSA) is 82.1 Å². The van der Waals surface area contributed by atoms with Gasteiger partial charge in [0, 0.05) is 46.0 Å². The molecule has 0 unspecified atom stereocenters. The summed E-state index contributed by atoms with van der Waals surface area (Å²) in [5.74, 6) is 2.60. The number of ether oxygens (including phenoxy) is 1. The summed E-state index contributed by atoms with van der Waals surface area (Å²) in [7, 11) is 1.75. The van der Waals surface area contributed by atoms with Gasteiger partial charge in [0.15, 0.2) is 5.96 Å². The van der Waals surface area contributed by atoms with E-state index in [4.69, 9.17) is 4.74 Å². The van der Waals surface area contributed by atoms with Gasteiger partial charge in [-0.1, -0.05) is 13.0 Å². The zero-order valence-corrected chi connectivity index (χ0v) is 18.9. The predicted molar refractivity (Wildman–Crippen MR) is 120 cm³/mol. The minimum absolute atomic E-state index is 0.172. The van der Waals surface area contributed by atoms with Crippen LogP contribution >= 0.6 is 0 Å². The minimum Gasteiger partial charge on any atom is -0.444 e. The van der Waals surface area contributed by atoms with Crippen LogP contribution in [0.15, 0.2) is 23.3 Å². The van der Waals surface area contributed by atoms with Crippen molar-refractivity contribution in [1.29, 1.82) is 0 Å². The molecule has 0 atom stereocenters. The van der Waals surface area contributed by atoms with E-state index in [2.05, 4.69) is 44.6 Å². The van der Waals surface area contributed by atoms with Crippen molar-refractivity contribution >= 4 is 17.9 Å². The zero-order valence-electron chi connectivity index (χ0n) is 18.9. The van der Waals surface area contributed by atoms with Gasteiger partial charge in [-0.3, -0.25) is 4.99 Å². The number of amides is 1. The SMILES string of the molecule is CN=C(NCc1ccc(N2CCC(C)CC2)nc1)NC1CN(C(=O)OC(C)(C)C)C1. The van der Waals surface area contributed by atoms with Crippen molar-refractivity contribution in [2.75, 3.05) is 38.1 Å². The second kappa shape index (κ2) is 9.53. The lowest BCUT2D eigenvalue weighted by atomic mass is 9.99. The number of carbonyl (C=O) groups excluding carboxylic acids is 1. The third-order valence-corrected chi connectivity index (χ3v) is 5.47. The molecule has 8 heteroatoms. The van der Waals surface area contributed by atoms with Gasteiger partial charge >= 0.3 is 6.09 Å². The number of aromatic nitrogens is 1. The van der Waals surface area contributed by atoms with E-state index in [1.807, 2.05) is 27.0 Å². The van der Waals surface area contributed by atoms with Crippen molar-refractivity contribution in [3.05, 3.63) is 23.9 Å². The van der Waals surface area contributed by atoms with Gasteiger partial charge in [-0.2, -0.15) is 0 Å². The van der Waals surface area contributed by atoms with E-state index in [1.54, 1.807) is 11.9 Å². The highest BCUT2D eigenvalue weighted by Gasteiger charge is 2.34. The van der Waals surface area contributed by atoms with Gasteiger partial charge in [-0.05, 0) is 51.2 Å². The summed E-state index contributed by atoms with van der Waals surface area (Å²) in [6, 6.07) is 4.40. The number of carbonyl (C=O) groups is 1. The second-order valence-corrected chi connectivity index (χ2v) is 9.35. The van der Waals surface area contributed by atoms with Crippen LogP contribution in [-0.2, 0) is 11.3 Å². The zero-order chi connectivity index (χ0) is 21.7. The molecule has 3 rings (SSSR count). The van der Waals surface area contributed by atoms with Gasteiger partial charge in [0.2, 0.25) is 0 Å². The molecule has 2 aliphatic heterocycles. The van der Waals surface area contributed by atoms with Crippen molar-refractivity contribution in [2.45, 2.75) is 58.7 Å². The number of anilines is 1. The Morgan fingerprint density at radius 1 is 1.27 bits per heavy atom. The van der Waals surface area contributed by atoms with Crippen LogP contribution in [0, 0.1) is 5.92 Å². The lowest BCUT2D eigenvalue weighted by Gasteiger charge is -2.40. The van der Waals surface area contributed by atoms with E-state index in [9.17, 15) is 4.79 Å². The molecule has 2 N–H and O–H groups in total. The van der Waals surface area contributed by atoms with E-state index in [0.717, 1.165) is 36.3 Å². The molecule has 2 fully saturated rings. The van der Waals surface area contributed by atoms with Crippen LogP contribution in [0.25, 0.3) is 0 Å². The lowest BCUT2D eigenvalue weighted by Crippen LogP contribution is -2.63. The molecule has 3 heterocycles. The van der Waals surface area contributed by atoms with Crippen molar-refractivity contribution in [1.82, 2.24) is 20.5 Å². The van der Waals surface area contributed by atoms with Crippen molar-refractivity contribution in [3.8, 4) is 0 Å². The van der Waals surface area contributed by atoms with E-state index >= 15 is 0 Å².